The van der Waals surface area contributed by atoms with E-state index in [0.29, 0.717) is 72.8 Å². The lowest BCUT2D eigenvalue weighted by molar-refractivity contribution is 0.387. The fraction of sp³-hybridized carbons (Fsp3) is 0.103. The number of ether oxygens (including phenoxy) is 3. The van der Waals surface area contributed by atoms with E-state index in [-0.39, 0.29) is 0 Å². The SMILES string of the molecule is COc1ccc(C2c3c(c4ccccc4oc3=O)Oc3ncn4nc(-c5ccccc5Cl)nc4c32)c(OC)c1. The summed E-state index contributed by atoms with van der Waals surface area (Å²) < 4.78 is 24.8. The molecule has 192 valence electrons. The van der Waals surface area contributed by atoms with Crippen molar-refractivity contribution in [1.29, 1.82) is 0 Å². The lowest BCUT2D eigenvalue weighted by Gasteiger charge is -2.28. The number of halogens is 1. The van der Waals surface area contributed by atoms with E-state index in [9.17, 15) is 4.79 Å². The van der Waals surface area contributed by atoms with Crippen molar-refractivity contribution in [1.82, 2.24) is 19.6 Å². The normalized spacial score (nSPS) is 14.1. The molecule has 0 saturated heterocycles. The molecule has 1 atom stereocenters. The first-order chi connectivity index (χ1) is 19.1. The smallest absolute Gasteiger partial charge is 0.344 e. The second-order valence-electron chi connectivity index (χ2n) is 8.92. The molecule has 0 bridgehead atoms. The summed E-state index contributed by atoms with van der Waals surface area (Å²) in [7, 11) is 3.14. The van der Waals surface area contributed by atoms with E-state index in [4.69, 9.17) is 35.2 Å². The highest BCUT2D eigenvalue weighted by atomic mass is 35.5. The molecule has 0 spiro atoms. The number of rotatable bonds is 4. The Morgan fingerprint density at radius 3 is 2.62 bits per heavy atom. The van der Waals surface area contributed by atoms with E-state index in [1.165, 1.54) is 6.33 Å². The van der Waals surface area contributed by atoms with Gasteiger partial charge in [0.15, 0.2) is 17.2 Å². The summed E-state index contributed by atoms with van der Waals surface area (Å²) in [5.74, 6) is 1.50. The van der Waals surface area contributed by atoms with Crippen molar-refractivity contribution in [3.63, 3.8) is 0 Å². The minimum Gasteiger partial charge on any atom is -0.497 e. The molecule has 0 N–H and O–H groups in total. The van der Waals surface area contributed by atoms with Gasteiger partial charge in [0, 0.05) is 17.2 Å². The van der Waals surface area contributed by atoms with Crippen LogP contribution in [0.25, 0.3) is 28.0 Å². The van der Waals surface area contributed by atoms with Crippen LogP contribution in [-0.2, 0) is 0 Å². The molecule has 1 unspecified atom stereocenters. The van der Waals surface area contributed by atoms with E-state index >= 15 is 0 Å². The molecule has 39 heavy (non-hydrogen) atoms. The summed E-state index contributed by atoms with van der Waals surface area (Å²) in [4.78, 5) is 23.0. The number of benzene rings is 3. The number of methoxy groups -OCH3 is 2. The van der Waals surface area contributed by atoms with E-state index in [0.717, 1.165) is 0 Å². The van der Waals surface area contributed by atoms with Gasteiger partial charge in [0.05, 0.1) is 41.7 Å². The van der Waals surface area contributed by atoms with Crippen LogP contribution in [0.4, 0.5) is 0 Å². The van der Waals surface area contributed by atoms with Crippen LogP contribution in [0, 0.1) is 0 Å². The van der Waals surface area contributed by atoms with Crippen LogP contribution in [0.3, 0.4) is 0 Å². The number of fused-ring (bicyclic) bond motifs is 6. The van der Waals surface area contributed by atoms with Crippen molar-refractivity contribution >= 4 is 28.2 Å². The minimum absolute atomic E-state index is 0.298. The van der Waals surface area contributed by atoms with E-state index < -0.39 is 11.5 Å². The van der Waals surface area contributed by atoms with Crippen molar-refractivity contribution in [2.75, 3.05) is 14.2 Å². The fourth-order valence-electron chi connectivity index (χ4n) is 5.05. The maximum absolute atomic E-state index is 13.6. The van der Waals surface area contributed by atoms with Gasteiger partial charge in [-0.15, -0.1) is 5.10 Å². The molecule has 7 rings (SSSR count). The lowest BCUT2D eigenvalue weighted by atomic mass is 9.83. The number of aromatic nitrogens is 4. The van der Waals surface area contributed by atoms with Crippen molar-refractivity contribution in [2.45, 2.75) is 5.92 Å². The van der Waals surface area contributed by atoms with E-state index in [1.54, 1.807) is 43.0 Å². The Kier molecular flexibility index (Phi) is 5.27. The van der Waals surface area contributed by atoms with Crippen LogP contribution in [0.2, 0.25) is 5.02 Å². The summed E-state index contributed by atoms with van der Waals surface area (Å²) in [5.41, 5.74) is 2.53. The predicted molar refractivity (Wildman–Crippen MR) is 144 cm³/mol. The van der Waals surface area contributed by atoms with Crippen molar-refractivity contribution < 1.29 is 18.6 Å². The first kappa shape index (κ1) is 23.2. The Balaban J connectivity index is 1.57. The van der Waals surface area contributed by atoms with Gasteiger partial charge in [0.1, 0.15) is 23.4 Å². The molecule has 10 heteroatoms. The summed E-state index contributed by atoms with van der Waals surface area (Å²) in [6.45, 7) is 0. The Bertz CT molecular complexity index is 1980. The zero-order valence-corrected chi connectivity index (χ0v) is 21.5. The Hall–Kier alpha value is -4.89. The van der Waals surface area contributed by atoms with E-state index in [1.807, 2.05) is 42.5 Å². The summed E-state index contributed by atoms with van der Waals surface area (Å²) in [6, 6.07) is 20.0. The molecule has 1 aliphatic rings. The van der Waals surface area contributed by atoms with Gasteiger partial charge < -0.3 is 18.6 Å². The molecule has 0 amide bonds. The quantitative estimate of drug-likeness (QED) is 0.257. The number of nitrogens with zero attached hydrogens (tertiary/aromatic N) is 4. The van der Waals surface area contributed by atoms with Crippen LogP contribution in [0.15, 0.2) is 82.3 Å². The highest BCUT2D eigenvalue weighted by molar-refractivity contribution is 6.33. The van der Waals surface area contributed by atoms with Crippen LogP contribution < -0.4 is 19.8 Å². The monoisotopic (exact) mass is 538 g/mol. The molecule has 1 aliphatic heterocycles. The number of hydrogen-bond donors (Lipinski definition) is 0. The molecule has 3 aromatic heterocycles. The van der Waals surface area contributed by atoms with Gasteiger partial charge in [-0.3, -0.25) is 0 Å². The second kappa shape index (κ2) is 8.85. The maximum atomic E-state index is 13.6. The third-order valence-electron chi connectivity index (χ3n) is 6.83. The van der Waals surface area contributed by atoms with Crippen molar-refractivity contribution in [3.8, 4) is 34.5 Å². The molecular weight excluding hydrogens is 520 g/mol. The first-order valence-corrected chi connectivity index (χ1v) is 12.4. The zero-order chi connectivity index (χ0) is 26.7. The molecular formula is C29H19ClN4O5. The standard InChI is InChI=1S/C29H19ClN4O5/c1-36-15-11-12-17(21(13-15)37-2)22-23-25(18-8-4-6-10-20(18)38-29(23)35)39-28-24(22)27-32-26(33-34(27)14-31-28)16-7-3-5-9-19(16)30/h3-14,22H,1-2H3. The molecule has 9 nitrogen and oxygen atoms in total. The van der Waals surface area contributed by atoms with Crippen LogP contribution in [0.5, 0.6) is 23.1 Å². The maximum Gasteiger partial charge on any atom is 0.344 e. The first-order valence-electron chi connectivity index (χ1n) is 12.0. The van der Waals surface area contributed by atoms with Gasteiger partial charge in [-0.1, -0.05) is 41.9 Å². The molecule has 0 aliphatic carbocycles. The number of para-hydroxylation sites is 1. The molecule has 0 fully saturated rings. The van der Waals surface area contributed by atoms with Gasteiger partial charge in [0.25, 0.3) is 0 Å². The molecule has 0 saturated carbocycles. The Morgan fingerprint density at radius 1 is 0.974 bits per heavy atom. The number of hydrogen-bond acceptors (Lipinski definition) is 8. The fourth-order valence-corrected chi connectivity index (χ4v) is 5.27. The Labute approximate surface area is 226 Å². The van der Waals surface area contributed by atoms with E-state index in [2.05, 4.69) is 10.1 Å². The Morgan fingerprint density at radius 2 is 1.79 bits per heavy atom. The zero-order valence-electron chi connectivity index (χ0n) is 20.7. The topological polar surface area (TPSA) is 101 Å². The predicted octanol–water partition coefficient (Wildman–Crippen LogP) is 5.85. The van der Waals surface area contributed by atoms with Gasteiger partial charge in [0.2, 0.25) is 5.88 Å². The average Bonchev–Trinajstić information content (AvgIpc) is 3.40. The van der Waals surface area contributed by atoms with Crippen molar-refractivity contribution in [2.24, 2.45) is 0 Å². The minimum atomic E-state index is -0.704. The molecule has 6 aromatic rings. The molecule has 4 heterocycles. The van der Waals surface area contributed by atoms with Crippen LogP contribution in [-0.4, -0.2) is 33.8 Å². The van der Waals surface area contributed by atoms with Crippen LogP contribution >= 0.6 is 11.6 Å². The third-order valence-corrected chi connectivity index (χ3v) is 7.16. The third kappa shape index (κ3) is 3.54. The van der Waals surface area contributed by atoms with Gasteiger partial charge in [-0.05, 0) is 30.3 Å². The van der Waals surface area contributed by atoms with Gasteiger partial charge in [-0.2, -0.15) is 0 Å². The lowest BCUT2D eigenvalue weighted by Crippen LogP contribution is -2.22. The highest BCUT2D eigenvalue weighted by Crippen LogP contribution is 2.51. The average molecular weight is 539 g/mol. The highest BCUT2D eigenvalue weighted by Gasteiger charge is 2.39. The molecule has 3 aromatic carbocycles. The second-order valence-corrected chi connectivity index (χ2v) is 9.33. The molecule has 0 radical (unpaired) electrons. The summed E-state index contributed by atoms with van der Waals surface area (Å²) in [6.07, 6.45) is 1.53. The van der Waals surface area contributed by atoms with Gasteiger partial charge in [-0.25, -0.2) is 19.3 Å². The summed E-state index contributed by atoms with van der Waals surface area (Å²) in [5, 5.41) is 5.79. The summed E-state index contributed by atoms with van der Waals surface area (Å²) >= 11 is 6.45. The van der Waals surface area contributed by atoms with Crippen molar-refractivity contribution in [3.05, 3.63) is 105 Å². The van der Waals surface area contributed by atoms with Crippen LogP contribution in [0.1, 0.15) is 22.6 Å². The van der Waals surface area contributed by atoms with Gasteiger partial charge >= 0.3 is 5.63 Å². The largest absolute Gasteiger partial charge is 0.497 e.